The van der Waals surface area contributed by atoms with Crippen LogP contribution in [0.4, 0.5) is 0 Å². The van der Waals surface area contributed by atoms with Crippen LogP contribution in [-0.4, -0.2) is 31.9 Å². The smallest absolute Gasteiger partial charge is 0.218 e. The molecule has 0 spiro atoms. The summed E-state index contributed by atoms with van der Waals surface area (Å²) >= 11 is 6.11. The lowest BCUT2D eigenvalue weighted by molar-refractivity contribution is -0.0557. The molecule has 0 saturated carbocycles. The van der Waals surface area contributed by atoms with Crippen molar-refractivity contribution in [3.8, 4) is 0 Å². The van der Waals surface area contributed by atoms with Crippen molar-refractivity contribution in [2.75, 3.05) is 13.1 Å². The Bertz CT molecular complexity index is 795. The molecule has 0 aromatic heterocycles. The molecule has 0 N–H and O–H groups in total. The SMILES string of the molecule is CC1CN(S(=O)(=O)Cc2ccccc2Cl)CC(c2ccccc2)O1. The Hall–Kier alpha value is -1.40. The van der Waals surface area contributed by atoms with Gasteiger partial charge in [-0.3, -0.25) is 0 Å². The zero-order chi connectivity index (χ0) is 17.2. The van der Waals surface area contributed by atoms with E-state index >= 15 is 0 Å². The number of benzene rings is 2. The van der Waals surface area contributed by atoms with Gasteiger partial charge in [-0.25, -0.2) is 8.42 Å². The van der Waals surface area contributed by atoms with Crippen molar-refractivity contribution in [3.63, 3.8) is 0 Å². The van der Waals surface area contributed by atoms with E-state index < -0.39 is 10.0 Å². The summed E-state index contributed by atoms with van der Waals surface area (Å²) in [6, 6.07) is 16.8. The molecule has 0 aliphatic carbocycles. The van der Waals surface area contributed by atoms with Gasteiger partial charge in [0.15, 0.2) is 0 Å². The van der Waals surface area contributed by atoms with E-state index in [0.717, 1.165) is 5.56 Å². The van der Waals surface area contributed by atoms with Gasteiger partial charge in [-0.2, -0.15) is 4.31 Å². The van der Waals surface area contributed by atoms with Crippen molar-refractivity contribution < 1.29 is 13.2 Å². The summed E-state index contributed by atoms with van der Waals surface area (Å²) in [7, 11) is -3.46. The Morgan fingerprint density at radius 1 is 1.08 bits per heavy atom. The lowest BCUT2D eigenvalue weighted by atomic mass is 10.1. The molecule has 1 aliphatic rings. The first-order chi connectivity index (χ1) is 11.5. The van der Waals surface area contributed by atoms with Crippen molar-refractivity contribution in [1.82, 2.24) is 4.31 Å². The van der Waals surface area contributed by atoms with Gasteiger partial charge in [0.1, 0.15) is 0 Å². The van der Waals surface area contributed by atoms with Gasteiger partial charge in [0, 0.05) is 18.1 Å². The minimum atomic E-state index is -3.46. The quantitative estimate of drug-likeness (QED) is 0.831. The van der Waals surface area contributed by atoms with Gasteiger partial charge < -0.3 is 4.74 Å². The van der Waals surface area contributed by atoms with Crippen LogP contribution >= 0.6 is 11.6 Å². The van der Waals surface area contributed by atoms with Gasteiger partial charge in [-0.15, -0.1) is 0 Å². The minimum absolute atomic E-state index is 0.0963. The summed E-state index contributed by atoms with van der Waals surface area (Å²) in [6.07, 6.45) is -0.416. The predicted octanol–water partition coefficient (Wildman–Crippen LogP) is 3.63. The van der Waals surface area contributed by atoms with Crippen LogP contribution in [0, 0.1) is 0 Å². The zero-order valence-corrected chi connectivity index (χ0v) is 15.0. The Balaban J connectivity index is 1.81. The first kappa shape index (κ1) is 17.4. The van der Waals surface area contributed by atoms with Gasteiger partial charge in [-0.05, 0) is 24.1 Å². The number of sulfonamides is 1. The number of halogens is 1. The number of hydrogen-bond acceptors (Lipinski definition) is 3. The first-order valence-electron chi connectivity index (χ1n) is 7.87. The number of nitrogens with zero attached hydrogens (tertiary/aromatic N) is 1. The van der Waals surface area contributed by atoms with Crippen LogP contribution in [0.5, 0.6) is 0 Å². The fourth-order valence-electron chi connectivity index (χ4n) is 2.89. The molecule has 1 fully saturated rings. The van der Waals surface area contributed by atoms with Crippen molar-refractivity contribution in [1.29, 1.82) is 0 Å². The van der Waals surface area contributed by atoms with E-state index in [1.807, 2.05) is 37.3 Å². The third-order valence-corrected chi connectivity index (χ3v) is 6.22. The summed E-state index contributed by atoms with van der Waals surface area (Å²) in [5, 5.41) is 0.474. The van der Waals surface area contributed by atoms with E-state index in [0.29, 0.717) is 23.7 Å². The molecule has 24 heavy (non-hydrogen) atoms. The normalized spacial score (nSPS) is 22.4. The Kier molecular flexibility index (Phi) is 5.25. The topological polar surface area (TPSA) is 46.6 Å². The molecule has 0 bridgehead atoms. The highest BCUT2D eigenvalue weighted by molar-refractivity contribution is 7.88. The van der Waals surface area contributed by atoms with Crippen LogP contribution in [0.15, 0.2) is 54.6 Å². The van der Waals surface area contributed by atoms with Crippen LogP contribution in [0.2, 0.25) is 5.02 Å². The van der Waals surface area contributed by atoms with Gasteiger partial charge in [0.2, 0.25) is 10.0 Å². The van der Waals surface area contributed by atoms with Gasteiger partial charge in [0.25, 0.3) is 0 Å². The van der Waals surface area contributed by atoms with Crippen molar-refractivity contribution in [3.05, 3.63) is 70.7 Å². The molecule has 6 heteroatoms. The molecule has 1 saturated heterocycles. The van der Waals surface area contributed by atoms with Crippen LogP contribution in [0.1, 0.15) is 24.2 Å². The van der Waals surface area contributed by atoms with E-state index in [2.05, 4.69) is 0 Å². The number of morpholine rings is 1. The summed E-state index contributed by atoms with van der Waals surface area (Å²) in [4.78, 5) is 0. The van der Waals surface area contributed by atoms with Crippen LogP contribution in [-0.2, 0) is 20.5 Å². The molecule has 128 valence electrons. The number of rotatable bonds is 4. The zero-order valence-electron chi connectivity index (χ0n) is 13.4. The molecule has 4 nitrogen and oxygen atoms in total. The summed E-state index contributed by atoms with van der Waals surface area (Å²) in [5.41, 5.74) is 1.61. The van der Waals surface area contributed by atoms with Crippen molar-refractivity contribution >= 4 is 21.6 Å². The highest BCUT2D eigenvalue weighted by Gasteiger charge is 2.33. The monoisotopic (exact) mass is 365 g/mol. The highest BCUT2D eigenvalue weighted by Crippen LogP contribution is 2.28. The van der Waals surface area contributed by atoms with Gasteiger partial charge in [-0.1, -0.05) is 60.1 Å². The summed E-state index contributed by atoms with van der Waals surface area (Å²) < 4.78 is 33.1. The van der Waals surface area contributed by atoms with E-state index in [9.17, 15) is 8.42 Å². The second-order valence-electron chi connectivity index (χ2n) is 6.01. The second-order valence-corrected chi connectivity index (χ2v) is 8.39. The Morgan fingerprint density at radius 2 is 1.75 bits per heavy atom. The fraction of sp³-hybridized carbons (Fsp3) is 0.333. The third-order valence-electron chi connectivity index (χ3n) is 4.09. The van der Waals surface area contributed by atoms with E-state index in [4.69, 9.17) is 16.3 Å². The van der Waals surface area contributed by atoms with Gasteiger partial charge >= 0.3 is 0 Å². The standard InChI is InChI=1S/C18H20ClNO3S/c1-14-11-20(12-18(23-14)15-7-3-2-4-8-15)24(21,22)13-16-9-5-6-10-17(16)19/h2-10,14,18H,11-13H2,1H3. The Morgan fingerprint density at radius 3 is 2.46 bits per heavy atom. The predicted molar refractivity (Wildman–Crippen MR) is 95.4 cm³/mol. The minimum Gasteiger partial charge on any atom is -0.368 e. The summed E-state index contributed by atoms with van der Waals surface area (Å²) in [6.45, 7) is 2.57. The van der Waals surface area contributed by atoms with E-state index in [1.165, 1.54) is 4.31 Å². The van der Waals surface area contributed by atoms with Crippen LogP contribution < -0.4 is 0 Å². The number of ether oxygens (including phenoxy) is 1. The maximum Gasteiger partial charge on any atom is 0.218 e. The third kappa shape index (κ3) is 3.98. The molecule has 1 heterocycles. The molecule has 3 rings (SSSR count). The maximum absolute atomic E-state index is 12.8. The molecule has 0 radical (unpaired) electrons. The second kappa shape index (κ2) is 7.23. The largest absolute Gasteiger partial charge is 0.368 e. The summed E-state index contributed by atoms with van der Waals surface area (Å²) in [5.74, 6) is -0.0963. The van der Waals surface area contributed by atoms with E-state index in [-0.39, 0.29) is 18.0 Å². The lowest BCUT2D eigenvalue weighted by Gasteiger charge is -2.36. The van der Waals surface area contributed by atoms with Crippen LogP contribution in [0.3, 0.4) is 0 Å². The molecule has 2 unspecified atom stereocenters. The van der Waals surface area contributed by atoms with E-state index in [1.54, 1.807) is 24.3 Å². The van der Waals surface area contributed by atoms with Gasteiger partial charge in [0.05, 0.1) is 18.0 Å². The molecule has 2 aromatic rings. The first-order valence-corrected chi connectivity index (χ1v) is 9.86. The Labute approximate surface area is 148 Å². The maximum atomic E-state index is 12.8. The highest BCUT2D eigenvalue weighted by atomic mass is 35.5. The molecule has 1 aliphatic heterocycles. The molecule has 2 aromatic carbocycles. The van der Waals surface area contributed by atoms with Crippen molar-refractivity contribution in [2.24, 2.45) is 0 Å². The fourth-order valence-corrected chi connectivity index (χ4v) is 4.80. The lowest BCUT2D eigenvalue weighted by Crippen LogP contribution is -2.46. The molecular formula is C18H20ClNO3S. The van der Waals surface area contributed by atoms with Crippen molar-refractivity contribution in [2.45, 2.75) is 24.9 Å². The average Bonchev–Trinajstić information content (AvgIpc) is 2.57. The molecule has 0 amide bonds. The molecule has 2 atom stereocenters. The number of hydrogen-bond donors (Lipinski definition) is 0. The van der Waals surface area contributed by atoms with Crippen LogP contribution in [0.25, 0.3) is 0 Å². The molecular weight excluding hydrogens is 346 g/mol. The average molecular weight is 366 g/mol.